The second-order valence-corrected chi connectivity index (χ2v) is 5.19. The smallest absolute Gasteiger partial charge is 0.301 e. The van der Waals surface area contributed by atoms with Gasteiger partial charge in [-0.2, -0.15) is 0 Å². The molecule has 3 aromatic rings. The highest BCUT2D eigenvalue weighted by Crippen LogP contribution is 2.36. The summed E-state index contributed by atoms with van der Waals surface area (Å²) >= 11 is 3.40. The molecule has 0 unspecified atom stereocenters. The largest absolute Gasteiger partial charge is 0.454 e. The maximum Gasteiger partial charge on any atom is 0.301 e. The molecule has 0 atom stereocenters. The highest BCUT2D eigenvalue weighted by Gasteiger charge is 2.21. The molecule has 7 nitrogen and oxygen atoms in total. The molecular weight excluding hydrogens is 342 g/mol. The standard InChI is InChI=1S/C13H8BrN3O4/c1-7-2-4-10(8(14)6-7)20-11-5-3-9(17(18)19)12-13(11)16-21-15-12/h2-6H,1H3. The molecule has 0 spiro atoms. The van der Waals surface area contributed by atoms with Crippen molar-refractivity contribution in [1.82, 2.24) is 10.3 Å². The molecule has 21 heavy (non-hydrogen) atoms. The first-order valence-electron chi connectivity index (χ1n) is 5.90. The molecule has 106 valence electrons. The first-order valence-corrected chi connectivity index (χ1v) is 6.69. The molecule has 0 aliphatic heterocycles. The average molecular weight is 350 g/mol. The van der Waals surface area contributed by atoms with Crippen LogP contribution in [0, 0.1) is 17.0 Å². The van der Waals surface area contributed by atoms with E-state index in [1.165, 1.54) is 12.1 Å². The number of aromatic nitrogens is 2. The van der Waals surface area contributed by atoms with Crippen LogP contribution in [0.15, 0.2) is 39.4 Å². The van der Waals surface area contributed by atoms with Crippen molar-refractivity contribution in [3.63, 3.8) is 0 Å². The third-order valence-corrected chi connectivity index (χ3v) is 3.48. The summed E-state index contributed by atoms with van der Waals surface area (Å²) in [6.07, 6.45) is 0. The van der Waals surface area contributed by atoms with Crippen LogP contribution in [0.3, 0.4) is 0 Å². The molecule has 0 bridgehead atoms. The highest BCUT2D eigenvalue weighted by molar-refractivity contribution is 9.10. The minimum absolute atomic E-state index is 0.0562. The number of nitrogens with zero attached hydrogens (tertiary/aromatic N) is 3. The van der Waals surface area contributed by atoms with Crippen molar-refractivity contribution in [2.45, 2.75) is 6.92 Å². The van der Waals surface area contributed by atoms with Crippen molar-refractivity contribution in [2.24, 2.45) is 0 Å². The molecule has 0 saturated heterocycles. The Morgan fingerprint density at radius 3 is 2.62 bits per heavy atom. The highest BCUT2D eigenvalue weighted by atomic mass is 79.9. The second kappa shape index (κ2) is 5.13. The number of ether oxygens (including phenoxy) is 1. The van der Waals surface area contributed by atoms with E-state index in [9.17, 15) is 10.1 Å². The monoisotopic (exact) mass is 349 g/mol. The van der Waals surface area contributed by atoms with Crippen molar-refractivity contribution < 1.29 is 14.3 Å². The maximum absolute atomic E-state index is 10.9. The molecule has 8 heteroatoms. The van der Waals surface area contributed by atoms with Gasteiger partial charge in [-0.05, 0) is 56.9 Å². The van der Waals surface area contributed by atoms with Crippen molar-refractivity contribution in [1.29, 1.82) is 0 Å². The number of halogens is 1. The van der Waals surface area contributed by atoms with Gasteiger partial charge in [0.15, 0.2) is 11.3 Å². The number of nitro groups is 1. The Balaban J connectivity index is 2.07. The van der Waals surface area contributed by atoms with Crippen LogP contribution in [0.1, 0.15) is 5.56 Å². The fourth-order valence-corrected chi connectivity index (χ4v) is 2.44. The molecule has 0 radical (unpaired) electrons. The Bertz CT molecular complexity index is 847. The zero-order valence-electron chi connectivity index (χ0n) is 10.7. The summed E-state index contributed by atoms with van der Waals surface area (Å²) in [5.74, 6) is 0.903. The summed E-state index contributed by atoms with van der Waals surface area (Å²) < 4.78 is 11.1. The van der Waals surface area contributed by atoms with Crippen LogP contribution >= 0.6 is 15.9 Å². The molecule has 0 N–H and O–H groups in total. The van der Waals surface area contributed by atoms with Crippen LogP contribution < -0.4 is 4.74 Å². The van der Waals surface area contributed by atoms with E-state index >= 15 is 0 Å². The predicted molar refractivity (Wildman–Crippen MR) is 77.4 cm³/mol. The molecule has 0 amide bonds. The Morgan fingerprint density at radius 1 is 1.19 bits per heavy atom. The molecule has 2 aromatic carbocycles. The summed E-state index contributed by atoms with van der Waals surface area (Å²) in [7, 11) is 0. The van der Waals surface area contributed by atoms with Crippen molar-refractivity contribution in [3.05, 3.63) is 50.5 Å². The van der Waals surface area contributed by atoms with Gasteiger partial charge in [0.25, 0.3) is 0 Å². The van der Waals surface area contributed by atoms with Crippen molar-refractivity contribution >= 4 is 32.7 Å². The molecular formula is C13H8BrN3O4. The lowest BCUT2D eigenvalue weighted by atomic mass is 10.2. The summed E-state index contributed by atoms with van der Waals surface area (Å²) in [6, 6.07) is 8.36. The number of rotatable bonds is 3. The number of hydrogen-bond donors (Lipinski definition) is 0. The minimum atomic E-state index is -0.544. The molecule has 0 aliphatic rings. The first kappa shape index (κ1) is 13.5. The van der Waals surface area contributed by atoms with Crippen LogP contribution in [0.4, 0.5) is 5.69 Å². The predicted octanol–water partition coefficient (Wildman–Crippen LogP) is 3.99. The van der Waals surface area contributed by atoms with Crippen molar-refractivity contribution in [2.75, 3.05) is 0 Å². The van der Waals surface area contributed by atoms with Crippen LogP contribution in [0.25, 0.3) is 11.0 Å². The third kappa shape index (κ3) is 2.45. The molecule has 0 fully saturated rings. The van der Waals surface area contributed by atoms with Gasteiger partial charge >= 0.3 is 5.69 Å². The molecule has 0 aliphatic carbocycles. The SMILES string of the molecule is Cc1ccc(Oc2ccc([N+](=O)[O-])c3nonc23)c(Br)c1. The fraction of sp³-hybridized carbons (Fsp3) is 0.0769. The van der Waals surface area contributed by atoms with Gasteiger partial charge in [-0.1, -0.05) is 6.07 Å². The molecule has 1 aromatic heterocycles. The van der Waals surface area contributed by atoms with E-state index in [0.29, 0.717) is 11.5 Å². The fourth-order valence-electron chi connectivity index (χ4n) is 1.87. The van der Waals surface area contributed by atoms with Crippen molar-refractivity contribution in [3.8, 4) is 11.5 Å². The summed E-state index contributed by atoms with van der Waals surface area (Å²) in [5.41, 5.74) is 1.16. The summed E-state index contributed by atoms with van der Waals surface area (Å²) in [6.45, 7) is 1.96. The normalized spacial score (nSPS) is 10.8. The van der Waals surface area contributed by atoms with Gasteiger partial charge in [-0.15, -0.1) is 0 Å². The lowest BCUT2D eigenvalue weighted by Crippen LogP contribution is -1.92. The third-order valence-electron chi connectivity index (χ3n) is 2.86. The van der Waals surface area contributed by atoms with Gasteiger partial charge in [-0.25, -0.2) is 4.63 Å². The van der Waals surface area contributed by atoms with Gasteiger partial charge in [0.05, 0.1) is 9.40 Å². The first-order chi connectivity index (χ1) is 10.1. The van der Waals surface area contributed by atoms with E-state index in [0.717, 1.165) is 10.0 Å². The van der Waals surface area contributed by atoms with E-state index in [1.807, 2.05) is 19.1 Å². The number of aryl methyl sites for hydroxylation is 1. The van der Waals surface area contributed by atoms with Gasteiger partial charge in [-0.3, -0.25) is 10.1 Å². The Hall–Kier alpha value is -2.48. The minimum Gasteiger partial charge on any atom is -0.454 e. The topological polar surface area (TPSA) is 91.3 Å². The van der Waals surface area contributed by atoms with Crippen LogP contribution in [-0.2, 0) is 0 Å². The number of non-ortho nitro benzene ring substituents is 1. The number of nitro benzene ring substituents is 1. The molecule has 1 heterocycles. The quantitative estimate of drug-likeness (QED) is 0.524. The van der Waals surface area contributed by atoms with Gasteiger partial charge in [0.2, 0.25) is 5.52 Å². The number of hydrogen-bond acceptors (Lipinski definition) is 6. The summed E-state index contributed by atoms with van der Waals surface area (Å²) in [4.78, 5) is 10.4. The maximum atomic E-state index is 10.9. The van der Waals surface area contributed by atoms with E-state index in [1.54, 1.807) is 6.07 Å². The Kier molecular flexibility index (Phi) is 3.30. The van der Waals surface area contributed by atoms with E-state index in [2.05, 4.69) is 30.9 Å². The average Bonchev–Trinajstić information content (AvgIpc) is 2.91. The summed E-state index contributed by atoms with van der Waals surface area (Å²) in [5, 5.41) is 18.2. The van der Waals surface area contributed by atoms with Crippen LogP contribution in [-0.4, -0.2) is 15.2 Å². The van der Waals surface area contributed by atoms with Crippen LogP contribution in [0.5, 0.6) is 11.5 Å². The van der Waals surface area contributed by atoms with Gasteiger partial charge < -0.3 is 4.74 Å². The number of fused-ring (bicyclic) bond motifs is 1. The van der Waals surface area contributed by atoms with Crippen LogP contribution in [0.2, 0.25) is 0 Å². The zero-order valence-corrected chi connectivity index (χ0v) is 12.3. The Labute approximate surface area is 126 Å². The molecule has 0 saturated carbocycles. The number of benzene rings is 2. The lowest BCUT2D eigenvalue weighted by molar-refractivity contribution is -0.383. The molecule has 3 rings (SSSR count). The second-order valence-electron chi connectivity index (χ2n) is 4.34. The van der Waals surface area contributed by atoms with Gasteiger partial charge in [0, 0.05) is 6.07 Å². The van der Waals surface area contributed by atoms with E-state index in [4.69, 9.17) is 4.74 Å². The lowest BCUT2D eigenvalue weighted by Gasteiger charge is -2.08. The van der Waals surface area contributed by atoms with E-state index < -0.39 is 4.92 Å². The zero-order chi connectivity index (χ0) is 15.0. The Morgan fingerprint density at radius 2 is 1.90 bits per heavy atom. The van der Waals surface area contributed by atoms with Gasteiger partial charge in [0.1, 0.15) is 5.75 Å². The van der Waals surface area contributed by atoms with E-state index in [-0.39, 0.29) is 16.7 Å².